The lowest BCUT2D eigenvalue weighted by Gasteiger charge is -2.22. The molecule has 1 aromatic rings. The Labute approximate surface area is 153 Å². The number of phenolic OH excluding ortho intramolecular Hbond substituents is 1. The fourth-order valence-electron chi connectivity index (χ4n) is 2.04. The molecule has 26 heavy (non-hydrogen) atoms. The lowest BCUT2D eigenvalue weighted by atomic mass is 10.0. The molecule has 1 aromatic carbocycles. The summed E-state index contributed by atoms with van der Waals surface area (Å²) in [6.45, 7) is 6.37. The quantitative estimate of drug-likeness (QED) is 0.512. The van der Waals surface area contributed by atoms with Crippen LogP contribution in [0.1, 0.15) is 33.3 Å². The van der Waals surface area contributed by atoms with Crippen LogP contribution in [0.15, 0.2) is 24.3 Å². The topological polar surface area (TPSA) is 131 Å². The van der Waals surface area contributed by atoms with E-state index < -0.39 is 35.5 Å². The monoisotopic (exact) mass is 365 g/mol. The van der Waals surface area contributed by atoms with Gasteiger partial charge in [0.15, 0.2) is 0 Å². The zero-order valence-corrected chi connectivity index (χ0v) is 15.5. The number of esters is 1. The predicted octanol–water partition coefficient (Wildman–Crippen LogP) is 0.225. The molecule has 2 atom stereocenters. The van der Waals surface area contributed by atoms with Crippen LogP contribution in [0.2, 0.25) is 0 Å². The first kappa shape index (κ1) is 21.4. The van der Waals surface area contributed by atoms with Gasteiger partial charge in [0.05, 0.1) is 6.04 Å². The fourth-order valence-corrected chi connectivity index (χ4v) is 2.04. The number of nitrogens with one attached hydrogen (secondary N) is 2. The summed E-state index contributed by atoms with van der Waals surface area (Å²) < 4.78 is 5.13. The lowest BCUT2D eigenvalue weighted by Crippen LogP contribution is -2.52. The SMILES string of the molecule is C[C@H](N)C(=O)N[C@@H](Cc1ccc(O)cc1)C(=O)NCC(=O)OC(C)(C)C. The molecule has 2 amide bonds. The van der Waals surface area contributed by atoms with Crippen molar-refractivity contribution in [1.82, 2.24) is 10.6 Å². The molecule has 0 saturated heterocycles. The number of benzene rings is 1. The lowest BCUT2D eigenvalue weighted by molar-refractivity contribution is -0.154. The first-order valence-electron chi connectivity index (χ1n) is 8.31. The van der Waals surface area contributed by atoms with Crippen molar-refractivity contribution in [3.63, 3.8) is 0 Å². The second-order valence-electron chi connectivity index (χ2n) is 7.02. The van der Waals surface area contributed by atoms with Crippen molar-refractivity contribution in [3.8, 4) is 5.75 Å². The molecule has 0 unspecified atom stereocenters. The number of amides is 2. The molecule has 8 nitrogen and oxygen atoms in total. The Morgan fingerprint density at radius 1 is 1.15 bits per heavy atom. The van der Waals surface area contributed by atoms with Crippen molar-refractivity contribution in [2.75, 3.05) is 6.54 Å². The van der Waals surface area contributed by atoms with E-state index in [0.29, 0.717) is 0 Å². The van der Waals surface area contributed by atoms with Crippen molar-refractivity contribution >= 4 is 17.8 Å². The molecule has 8 heteroatoms. The number of rotatable bonds is 7. The third kappa shape index (κ3) is 7.98. The highest BCUT2D eigenvalue weighted by molar-refractivity contribution is 5.91. The minimum Gasteiger partial charge on any atom is -0.508 e. The predicted molar refractivity (Wildman–Crippen MR) is 96.2 cm³/mol. The largest absolute Gasteiger partial charge is 0.508 e. The van der Waals surface area contributed by atoms with E-state index >= 15 is 0 Å². The molecule has 1 rings (SSSR count). The molecule has 0 heterocycles. The number of ether oxygens (including phenoxy) is 1. The third-order valence-corrected chi connectivity index (χ3v) is 3.25. The zero-order valence-electron chi connectivity index (χ0n) is 15.5. The van der Waals surface area contributed by atoms with Crippen LogP contribution >= 0.6 is 0 Å². The molecule has 0 fully saturated rings. The highest BCUT2D eigenvalue weighted by Gasteiger charge is 2.24. The van der Waals surface area contributed by atoms with Gasteiger partial charge in [0.2, 0.25) is 11.8 Å². The minimum absolute atomic E-state index is 0.0966. The molecular weight excluding hydrogens is 338 g/mol. The van der Waals surface area contributed by atoms with Gasteiger partial charge < -0.3 is 26.2 Å². The van der Waals surface area contributed by atoms with Gasteiger partial charge in [-0.1, -0.05) is 12.1 Å². The maximum absolute atomic E-state index is 12.4. The van der Waals surface area contributed by atoms with E-state index in [1.54, 1.807) is 32.9 Å². The van der Waals surface area contributed by atoms with Gasteiger partial charge in [0.25, 0.3) is 0 Å². The molecule has 0 aromatic heterocycles. The van der Waals surface area contributed by atoms with Gasteiger partial charge in [-0.2, -0.15) is 0 Å². The van der Waals surface area contributed by atoms with Crippen LogP contribution in [0.3, 0.4) is 0 Å². The van der Waals surface area contributed by atoms with Gasteiger partial charge >= 0.3 is 5.97 Å². The first-order valence-corrected chi connectivity index (χ1v) is 8.31. The standard InChI is InChI=1S/C18H27N3O5/c1-11(19)16(24)21-14(9-12-5-7-13(22)8-6-12)17(25)20-10-15(23)26-18(2,3)4/h5-8,11,14,22H,9-10,19H2,1-4H3,(H,20,25)(H,21,24)/t11-,14-/m0/s1. The maximum Gasteiger partial charge on any atom is 0.325 e. The summed E-state index contributed by atoms with van der Waals surface area (Å²) in [6.07, 6.45) is 0.179. The van der Waals surface area contributed by atoms with Crippen molar-refractivity contribution in [3.05, 3.63) is 29.8 Å². The average Bonchev–Trinajstić information content (AvgIpc) is 2.52. The molecule has 0 aliphatic heterocycles. The molecule has 0 aliphatic carbocycles. The molecule has 0 spiro atoms. The second kappa shape index (κ2) is 9.19. The Morgan fingerprint density at radius 2 is 1.73 bits per heavy atom. The molecule has 0 bridgehead atoms. The normalized spacial score (nSPS) is 13.4. The highest BCUT2D eigenvalue weighted by Crippen LogP contribution is 2.12. The van der Waals surface area contributed by atoms with Crippen LogP contribution in [-0.2, 0) is 25.5 Å². The van der Waals surface area contributed by atoms with Crippen molar-refractivity contribution < 1.29 is 24.2 Å². The van der Waals surface area contributed by atoms with Crippen LogP contribution in [0.25, 0.3) is 0 Å². The van der Waals surface area contributed by atoms with Crippen LogP contribution < -0.4 is 16.4 Å². The highest BCUT2D eigenvalue weighted by atomic mass is 16.6. The van der Waals surface area contributed by atoms with Gasteiger partial charge in [0, 0.05) is 6.42 Å². The number of aromatic hydroxyl groups is 1. The first-order chi connectivity index (χ1) is 12.0. The Morgan fingerprint density at radius 3 is 2.23 bits per heavy atom. The van der Waals surface area contributed by atoms with Gasteiger partial charge in [-0.15, -0.1) is 0 Å². The Hall–Kier alpha value is -2.61. The number of nitrogens with two attached hydrogens (primary N) is 1. The number of phenols is 1. The number of carbonyl (C=O) groups is 3. The molecule has 0 saturated carbocycles. The summed E-state index contributed by atoms with van der Waals surface area (Å²) in [5.41, 5.74) is 5.61. The number of hydrogen-bond acceptors (Lipinski definition) is 6. The Kier molecular flexibility index (Phi) is 7.57. The molecule has 144 valence electrons. The molecular formula is C18H27N3O5. The Bertz CT molecular complexity index is 635. The van der Waals surface area contributed by atoms with E-state index in [2.05, 4.69) is 10.6 Å². The van der Waals surface area contributed by atoms with Crippen LogP contribution in [0, 0.1) is 0 Å². The maximum atomic E-state index is 12.4. The molecule has 5 N–H and O–H groups in total. The summed E-state index contributed by atoms with van der Waals surface area (Å²) in [5.74, 6) is -1.49. The summed E-state index contributed by atoms with van der Waals surface area (Å²) in [7, 11) is 0. The van der Waals surface area contributed by atoms with Crippen LogP contribution in [0.5, 0.6) is 5.75 Å². The summed E-state index contributed by atoms with van der Waals surface area (Å²) in [6, 6.07) is 4.55. The Balaban J connectivity index is 2.76. The van der Waals surface area contributed by atoms with Crippen molar-refractivity contribution in [2.24, 2.45) is 5.73 Å². The summed E-state index contributed by atoms with van der Waals surface area (Å²) in [4.78, 5) is 36.0. The van der Waals surface area contributed by atoms with E-state index in [1.807, 2.05) is 0 Å². The van der Waals surface area contributed by atoms with Gasteiger partial charge in [-0.25, -0.2) is 0 Å². The van der Waals surface area contributed by atoms with Gasteiger partial charge in [-0.3, -0.25) is 14.4 Å². The number of hydrogen-bond donors (Lipinski definition) is 4. The molecule has 0 radical (unpaired) electrons. The van der Waals surface area contributed by atoms with Crippen molar-refractivity contribution in [1.29, 1.82) is 0 Å². The van der Waals surface area contributed by atoms with Crippen LogP contribution in [-0.4, -0.2) is 47.1 Å². The smallest absolute Gasteiger partial charge is 0.325 e. The second-order valence-corrected chi connectivity index (χ2v) is 7.02. The van der Waals surface area contributed by atoms with Gasteiger partial charge in [-0.05, 0) is 45.4 Å². The van der Waals surface area contributed by atoms with E-state index in [0.717, 1.165) is 5.56 Å². The van der Waals surface area contributed by atoms with E-state index in [4.69, 9.17) is 10.5 Å². The third-order valence-electron chi connectivity index (χ3n) is 3.25. The van der Waals surface area contributed by atoms with Crippen molar-refractivity contribution in [2.45, 2.75) is 51.8 Å². The summed E-state index contributed by atoms with van der Waals surface area (Å²) in [5, 5.41) is 14.4. The van der Waals surface area contributed by atoms with Gasteiger partial charge in [0.1, 0.15) is 23.9 Å². The van der Waals surface area contributed by atoms with E-state index in [1.165, 1.54) is 19.1 Å². The summed E-state index contributed by atoms with van der Waals surface area (Å²) >= 11 is 0. The average molecular weight is 365 g/mol. The van der Waals surface area contributed by atoms with E-state index in [9.17, 15) is 19.5 Å². The fraction of sp³-hybridized carbons (Fsp3) is 0.500. The van der Waals surface area contributed by atoms with Crippen LogP contribution in [0.4, 0.5) is 0 Å². The minimum atomic E-state index is -0.916. The molecule has 0 aliphatic rings. The number of carbonyl (C=O) groups excluding carboxylic acids is 3. The zero-order chi connectivity index (χ0) is 19.9. The van der Waals surface area contributed by atoms with E-state index in [-0.39, 0.29) is 18.7 Å².